The van der Waals surface area contributed by atoms with Crippen molar-refractivity contribution in [2.45, 2.75) is 31.7 Å². The van der Waals surface area contributed by atoms with E-state index in [1.54, 1.807) is 0 Å². The van der Waals surface area contributed by atoms with E-state index in [-0.39, 0.29) is 24.4 Å². The van der Waals surface area contributed by atoms with E-state index in [2.05, 4.69) is 28.1 Å². The molecule has 0 bridgehead atoms. The monoisotopic (exact) mass is 346 g/mol. The Hall–Kier alpha value is -0.580. The first kappa shape index (κ1) is 16.5. The molecule has 3 nitrogen and oxygen atoms in total. The van der Waals surface area contributed by atoms with Gasteiger partial charge in [0.1, 0.15) is 0 Å². The van der Waals surface area contributed by atoms with Crippen molar-refractivity contribution < 1.29 is 4.79 Å². The standard InChI is InChI=1S/C14H19BrN2O.ClH/c15-12-6-3-11(4-7-12)5-8-14(18)17-9-1-2-13(16)10-17;/h3-4,6-7,13H,1-2,5,8-10,16H2;1H. The van der Waals surface area contributed by atoms with Crippen LogP contribution >= 0.6 is 28.3 Å². The van der Waals surface area contributed by atoms with Crippen molar-refractivity contribution in [3.8, 4) is 0 Å². The molecular weight excluding hydrogens is 328 g/mol. The van der Waals surface area contributed by atoms with Gasteiger partial charge in [-0.25, -0.2) is 0 Å². The lowest BCUT2D eigenvalue weighted by atomic mass is 10.0. The molecule has 0 saturated carbocycles. The maximum absolute atomic E-state index is 12.0. The molecule has 1 amide bonds. The lowest BCUT2D eigenvalue weighted by Gasteiger charge is -2.30. The number of aryl methyl sites for hydroxylation is 1. The number of nitrogens with zero attached hydrogens (tertiary/aromatic N) is 1. The molecule has 1 aliphatic heterocycles. The maximum Gasteiger partial charge on any atom is 0.222 e. The summed E-state index contributed by atoms with van der Waals surface area (Å²) in [5.41, 5.74) is 7.09. The zero-order valence-electron chi connectivity index (χ0n) is 10.8. The van der Waals surface area contributed by atoms with Crippen LogP contribution in [-0.4, -0.2) is 29.9 Å². The number of likely N-dealkylation sites (tertiary alicyclic amines) is 1. The smallest absolute Gasteiger partial charge is 0.222 e. The van der Waals surface area contributed by atoms with Gasteiger partial charge in [-0.05, 0) is 37.0 Å². The second kappa shape index (κ2) is 7.88. The summed E-state index contributed by atoms with van der Waals surface area (Å²) in [6.07, 6.45) is 3.45. The number of rotatable bonds is 3. The Bertz CT molecular complexity index is 410. The molecule has 5 heteroatoms. The van der Waals surface area contributed by atoms with E-state index in [1.807, 2.05) is 17.0 Å². The molecule has 0 aliphatic carbocycles. The van der Waals surface area contributed by atoms with Crippen LogP contribution in [0, 0.1) is 0 Å². The lowest BCUT2D eigenvalue weighted by Crippen LogP contribution is -2.45. The number of carbonyl (C=O) groups is 1. The summed E-state index contributed by atoms with van der Waals surface area (Å²) in [7, 11) is 0. The first-order valence-corrected chi connectivity index (χ1v) is 7.22. The molecular formula is C14H20BrClN2O. The Balaban J connectivity index is 0.00000180. The fraction of sp³-hybridized carbons (Fsp3) is 0.500. The van der Waals surface area contributed by atoms with Crippen LogP contribution in [0.1, 0.15) is 24.8 Å². The van der Waals surface area contributed by atoms with Gasteiger partial charge in [0.05, 0.1) is 0 Å². The van der Waals surface area contributed by atoms with Crippen LogP contribution in [0.25, 0.3) is 0 Å². The van der Waals surface area contributed by atoms with Gasteiger partial charge in [-0.15, -0.1) is 12.4 Å². The summed E-state index contributed by atoms with van der Waals surface area (Å²) < 4.78 is 1.07. The van der Waals surface area contributed by atoms with Crippen molar-refractivity contribution in [1.29, 1.82) is 0 Å². The van der Waals surface area contributed by atoms with Gasteiger partial charge in [0.2, 0.25) is 5.91 Å². The minimum absolute atomic E-state index is 0. The topological polar surface area (TPSA) is 46.3 Å². The van der Waals surface area contributed by atoms with Gasteiger partial charge < -0.3 is 10.6 Å². The summed E-state index contributed by atoms with van der Waals surface area (Å²) >= 11 is 3.41. The fourth-order valence-electron chi connectivity index (χ4n) is 2.30. The molecule has 1 heterocycles. The third kappa shape index (κ3) is 5.13. The van der Waals surface area contributed by atoms with E-state index in [0.717, 1.165) is 36.8 Å². The van der Waals surface area contributed by atoms with Crippen molar-refractivity contribution in [1.82, 2.24) is 4.90 Å². The molecule has 1 fully saturated rings. The number of nitrogens with two attached hydrogens (primary N) is 1. The molecule has 0 aromatic heterocycles. The summed E-state index contributed by atoms with van der Waals surface area (Å²) in [6.45, 7) is 1.59. The molecule has 1 saturated heterocycles. The minimum atomic E-state index is 0. The van der Waals surface area contributed by atoms with Crippen LogP contribution in [0.3, 0.4) is 0 Å². The van der Waals surface area contributed by atoms with Gasteiger partial charge in [0, 0.05) is 30.0 Å². The van der Waals surface area contributed by atoms with Gasteiger partial charge in [-0.2, -0.15) is 0 Å². The molecule has 1 aliphatic rings. The number of halogens is 2. The molecule has 1 aromatic rings. The van der Waals surface area contributed by atoms with Crippen LogP contribution in [0.2, 0.25) is 0 Å². The Morgan fingerprint density at radius 3 is 2.68 bits per heavy atom. The molecule has 2 rings (SSSR count). The van der Waals surface area contributed by atoms with Crippen LogP contribution in [0.15, 0.2) is 28.7 Å². The normalized spacial score (nSPS) is 18.8. The summed E-state index contributed by atoms with van der Waals surface area (Å²) in [6, 6.07) is 8.29. The third-order valence-electron chi connectivity index (χ3n) is 3.35. The second-order valence-electron chi connectivity index (χ2n) is 4.87. The Labute approximate surface area is 129 Å². The van der Waals surface area contributed by atoms with Gasteiger partial charge in [0.25, 0.3) is 0 Å². The highest BCUT2D eigenvalue weighted by molar-refractivity contribution is 9.10. The predicted octanol–water partition coefficient (Wildman–Crippen LogP) is 2.75. The predicted molar refractivity (Wildman–Crippen MR) is 83.5 cm³/mol. The highest BCUT2D eigenvalue weighted by atomic mass is 79.9. The lowest BCUT2D eigenvalue weighted by molar-refractivity contribution is -0.132. The van der Waals surface area contributed by atoms with Crippen molar-refractivity contribution in [3.63, 3.8) is 0 Å². The maximum atomic E-state index is 12.0. The van der Waals surface area contributed by atoms with E-state index in [1.165, 1.54) is 5.56 Å². The average molecular weight is 348 g/mol. The Morgan fingerprint density at radius 1 is 1.37 bits per heavy atom. The largest absolute Gasteiger partial charge is 0.341 e. The molecule has 0 radical (unpaired) electrons. The number of carbonyl (C=O) groups excluding carboxylic acids is 1. The highest BCUT2D eigenvalue weighted by Gasteiger charge is 2.20. The summed E-state index contributed by atoms with van der Waals surface area (Å²) in [5, 5.41) is 0. The van der Waals surface area contributed by atoms with E-state index in [0.29, 0.717) is 6.42 Å². The molecule has 1 atom stereocenters. The van der Waals surface area contributed by atoms with Crippen molar-refractivity contribution in [2.75, 3.05) is 13.1 Å². The molecule has 2 N–H and O–H groups in total. The first-order chi connectivity index (χ1) is 8.65. The van der Waals surface area contributed by atoms with Gasteiger partial charge in [0.15, 0.2) is 0 Å². The molecule has 106 valence electrons. The Morgan fingerprint density at radius 2 is 2.05 bits per heavy atom. The van der Waals surface area contributed by atoms with Gasteiger partial charge in [-0.1, -0.05) is 28.1 Å². The van der Waals surface area contributed by atoms with Crippen molar-refractivity contribution in [2.24, 2.45) is 5.73 Å². The number of hydrogen-bond donors (Lipinski definition) is 1. The quantitative estimate of drug-likeness (QED) is 0.914. The van der Waals surface area contributed by atoms with Gasteiger partial charge >= 0.3 is 0 Å². The zero-order chi connectivity index (χ0) is 13.0. The van der Waals surface area contributed by atoms with Crippen molar-refractivity contribution >= 4 is 34.2 Å². The van der Waals surface area contributed by atoms with E-state index >= 15 is 0 Å². The van der Waals surface area contributed by atoms with Crippen LogP contribution < -0.4 is 5.73 Å². The molecule has 1 unspecified atom stereocenters. The van der Waals surface area contributed by atoms with Crippen LogP contribution in [-0.2, 0) is 11.2 Å². The summed E-state index contributed by atoms with van der Waals surface area (Å²) in [5.74, 6) is 0.230. The van der Waals surface area contributed by atoms with Gasteiger partial charge in [-0.3, -0.25) is 4.79 Å². The number of amides is 1. The third-order valence-corrected chi connectivity index (χ3v) is 3.88. The van der Waals surface area contributed by atoms with Crippen LogP contribution in [0.5, 0.6) is 0 Å². The summed E-state index contributed by atoms with van der Waals surface area (Å²) in [4.78, 5) is 14.0. The highest BCUT2D eigenvalue weighted by Crippen LogP contribution is 2.14. The fourth-order valence-corrected chi connectivity index (χ4v) is 2.56. The first-order valence-electron chi connectivity index (χ1n) is 6.43. The minimum Gasteiger partial charge on any atom is -0.341 e. The Kier molecular flexibility index (Phi) is 6.83. The van der Waals surface area contributed by atoms with E-state index in [9.17, 15) is 4.79 Å². The van der Waals surface area contributed by atoms with Crippen LogP contribution in [0.4, 0.5) is 0 Å². The SMILES string of the molecule is Cl.NC1CCCN(C(=O)CCc2ccc(Br)cc2)C1. The van der Waals surface area contributed by atoms with E-state index in [4.69, 9.17) is 5.73 Å². The molecule has 19 heavy (non-hydrogen) atoms. The number of piperidine rings is 1. The average Bonchev–Trinajstić information content (AvgIpc) is 2.38. The molecule has 0 spiro atoms. The number of hydrogen-bond acceptors (Lipinski definition) is 2. The van der Waals surface area contributed by atoms with E-state index < -0.39 is 0 Å². The van der Waals surface area contributed by atoms with Crippen molar-refractivity contribution in [3.05, 3.63) is 34.3 Å². The molecule has 1 aromatic carbocycles. The zero-order valence-corrected chi connectivity index (χ0v) is 13.3. The number of benzene rings is 1. The second-order valence-corrected chi connectivity index (χ2v) is 5.78.